The summed E-state index contributed by atoms with van der Waals surface area (Å²) in [5.74, 6) is 1.73. The number of pyridine rings is 1. The van der Waals surface area contributed by atoms with Gasteiger partial charge in [0, 0.05) is 11.1 Å². The number of hydroxylamine groups is 1. The van der Waals surface area contributed by atoms with Crippen LogP contribution in [0.15, 0.2) is 48.5 Å². The third-order valence-electron chi connectivity index (χ3n) is 4.66. The van der Waals surface area contributed by atoms with Gasteiger partial charge in [-0.2, -0.15) is 0 Å². The number of aromatic nitrogens is 1. The van der Waals surface area contributed by atoms with E-state index in [1.54, 1.807) is 63.2 Å². The number of methoxy groups -OCH3 is 4. The highest BCUT2D eigenvalue weighted by atomic mass is 16.5. The van der Waals surface area contributed by atoms with Crippen LogP contribution in [0.5, 0.6) is 28.7 Å². The number of ether oxygens (including phenoxy) is 5. The average molecular weight is 440 g/mol. The maximum Gasteiger partial charge on any atom is 0.281 e. The van der Waals surface area contributed by atoms with Crippen molar-refractivity contribution in [3.63, 3.8) is 0 Å². The zero-order valence-electron chi connectivity index (χ0n) is 18.2. The molecule has 168 valence electrons. The first-order valence-corrected chi connectivity index (χ1v) is 9.56. The van der Waals surface area contributed by atoms with Gasteiger partial charge in [0.05, 0.1) is 34.1 Å². The molecule has 0 saturated heterocycles. The zero-order valence-corrected chi connectivity index (χ0v) is 18.2. The van der Waals surface area contributed by atoms with E-state index in [4.69, 9.17) is 33.9 Å². The number of carbonyl (C=O) groups is 1. The Kier molecular flexibility index (Phi) is 7.35. The van der Waals surface area contributed by atoms with E-state index >= 15 is 0 Å². The molecule has 9 nitrogen and oxygen atoms in total. The summed E-state index contributed by atoms with van der Waals surface area (Å²) in [6.07, 6.45) is 0. The smallest absolute Gasteiger partial charge is 0.281 e. The fourth-order valence-corrected chi connectivity index (χ4v) is 3.16. The van der Waals surface area contributed by atoms with E-state index in [0.717, 1.165) is 5.56 Å². The van der Waals surface area contributed by atoms with Gasteiger partial charge in [-0.25, -0.2) is 10.5 Å². The molecule has 0 aliphatic heterocycles. The molecule has 3 rings (SSSR count). The van der Waals surface area contributed by atoms with Gasteiger partial charge in [0.2, 0.25) is 5.75 Å². The minimum atomic E-state index is -0.675. The van der Waals surface area contributed by atoms with Crippen LogP contribution in [0.2, 0.25) is 0 Å². The quantitative estimate of drug-likeness (QED) is 0.385. The summed E-state index contributed by atoms with van der Waals surface area (Å²) in [4.78, 5) is 16.2. The van der Waals surface area contributed by atoms with Crippen molar-refractivity contribution in [2.45, 2.75) is 0 Å². The van der Waals surface area contributed by atoms with Crippen LogP contribution in [-0.4, -0.2) is 51.1 Å². The molecule has 0 radical (unpaired) electrons. The number of nitrogens with one attached hydrogen (secondary N) is 1. The molecule has 2 aromatic carbocycles. The highest BCUT2D eigenvalue weighted by Crippen LogP contribution is 2.42. The predicted molar refractivity (Wildman–Crippen MR) is 117 cm³/mol. The highest BCUT2D eigenvalue weighted by molar-refractivity contribution is 5.79. The second kappa shape index (κ2) is 10.4. The van der Waals surface area contributed by atoms with Gasteiger partial charge in [0.25, 0.3) is 5.91 Å². The first-order valence-electron chi connectivity index (χ1n) is 9.56. The molecule has 0 saturated carbocycles. The second-order valence-corrected chi connectivity index (χ2v) is 6.48. The molecule has 32 heavy (non-hydrogen) atoms. The van der Waals surface area contributed by atoms with Gasteiger partial charge in [-0.1, -0.05) is 12.1 Å². The summed E-state index contributed by atoms with van der Waals surface area (Å²) in [6, 6.07) is 14.3. The molecule has 0 aliphatic carbocycles. The number of rotatable bonds is 9. The van der Waals surface area contributed by atoms with Gasteiger partial charge in [-0.3, -0.25) is 10.0 Å². The van der Waals surface area contributed by atoms with Crippen LogP contribution < -0.4 is 29.2 Å². The van der Waals surface area contributed by atoms with Crippen LogP contribution in [0.3, 0.4) is 0 Å². The minimum Gasteiger partial charge on any atom is -0.494 e. The lowest BCUT2D eigenvalue weighted by atomic mass is 10.1. The molecule has 2 N–H and O–H groups in total. The van der Waals surface area contributed by atoms with Crippen LogP contribution in [0.1, 0.15) is 0 Å². The van der Waals surface area contributed by atoms with Crippen molar-refractivity contribution in [1.82, 2.24) is 10.5 Å². The Hall–Kier alpha value is -3.98. The van der Waals surface area contributed by atoms with Crippen molar-refractivity contribution >= 4 is 5.91 Å². The van der Waals surface area contributed by atoms with Crippen molar-refractivity contribution in [3.05, 3.63) is 48.5 Å². The van der Waals surface area contributed by atoms with E-state index in [9.17, 15) is 4.79 Å². The number of benzene rings is 2. The van der Waals surface area contributed by atoms with Gasteiger partial charge in [-0.15, -0.1) is 0 Å². The topological polar surface area (TPSA) is 108 Å². The molecule has 1 aromatic heterocycles. The van der Waals surface area contributed by atoms with E-state index in [1.165, 1.54) is 7.11 Å². The molecule has 0 fully saturated rings. The minimum absolute atomic E-state index is 0.359. The number of carbonyl (C=O) groups excluding carboxylic acids is 1. The molecular weight excluding hydrogens is 416 g/mol. The van der Waals surface area contributed by atoms with Gasteiger partial charge in [0.1, 0.15) is 17.2 Å². The molecule has 0 unspecified atom stereocenters. The van der Waals surface area contributed by atoms with Crippen LogP contribution in [-0.2, 0) is 4.79 Å². The molecule has 9 heteroatoms. The lowest BCUT2D eigenvalue weighted by Gasteiger charge is -2.16. The van der Waals surface area contributed by atoms with Crippen LogP contribution in [0.4, 0.5) is 0 Å². The molecule has 0 spiro atoms. The van der Waals surface area contributed by atoms with Crippen LogP contribution in [0.25, 0.3) is 22.5 Å². The summed E-state index contributed by atoms with van der Waals surface area (Å²) in [5.41, 5.74) is 4.03. The SMILES string of the molecule is COc1ccc(-c2cc(OC)c(OC)c(OC)c2)nc1-c1ccccc1OCC(=O)NO. The van der Waals surface area contributed by atoms with E-state index < -0.39 is 5.91 Å². The van der Waals surface area contributed by atoms with E-state index in [0.29, 0.717) is 45.7 Å². The number of hydrogen-bond acceptors (Lipinski definition) is 8. The second-order valence-electron chi connectivity index (χ2n) is 6.48. The lowest BCUT2D eigenvalue weighted by Crippen LogP contribution is -2.25. The molecule has 0 bridgehead atoms. The molecule has 3 aromatic rings. The van der Waals surface area contributed by atoms with Crippen molar-refractivity contribution < 1.29 is 33.7 Å². The molecule has 0 atom stereocenters. The lowest BCUT2D eigenvalue weighted by molar-refractivity contribution is -0.131. The normalized spacial score (nSPS) is 10.3. The van der Waals surface area contributed by atoms with Crippen molar-refractivity contribution in [3.8, 4) is 51.3 Å². The van der Waals surface area contributed by atoms with Crippen molar-refractivity contribution in [2.75, 3.05) is 35.0 Å². The monoisotopic (exact) mass is 440 g/mol. The Labute approximate surface area is 185 Å². The van der Waals surface area contributed by atoms with Crippen LogP contribution in [0, 0.1) is 0 Å². The molecule has 0 aliphatic rings. The first kappa shape index (κ1) is 22.7. The van der Waals surface area contributed by atoms with Crippen molar-refractivity contribution in [2.24, 2.45) is 0 Å². The zero-order chi connectivity index (χ0) is 23.1. The van der Waals surface area contributed by atoms with E-state index in [-0.39, 0.29) is 6.61 Å². The summed E-state index contributed by atoms with van der Waals surface area (Å²) in [7, 11) is 6.17. The van der Waals surface area contributed by atoms with E-state index in [1.807, 2.05) is 12.1 Å². The standard InChI is InChI=1S/C23H24N2O7/c1-28-18-10-9-16(14-11-19(29-2)23(31-4)20(12-14)30-3)24-22(18)15-7-5-6-8-17(15)32-13-21(26)25-27/h5-12,27H,13H2,1-4H3,(H,25,26). The average Bonchev–Trinajstić information content (AvgIpc) is 2.85. The Morgan fingerprint density at radius 1 is 0.875 bits per heavy atom. The molecule has 1 amide bonds. The Bertz CT molecular complexity index is 1080. The summed E-state index contributed by atoms with van der Waals surface area (Å²) < 4.78 is 27.4. The summed E-state index contributed by atoms with van der Waals surface area (Å²) in [6.45, 7) is -0.359. The van der Waals surface area contributed by atoms with Crippen LogP contribution >= 0.6 is 0 Å². The fourth-order valence-electron chi connectivity index (χ4n) is 3.16. The summed E-state index contributed by atoms with van der Waals surface area (Å²) in [5, 5.41) is 8.73. The maximum atomic E-state index is 11.4. The molecular formula is C23H24N2O7. The number of hydrogen-bond donors (Lipinski definition) is 2. The van der Waals surface area contributed by atoms with E-state index in [2.05, 4.69) is 0 Å². The largest absolute Gasteiger partial charge is 0.494 e. The number of nitrogens with zero attached hydrogens (tertiary/aromatic N) is 1. The molecule has 1 heterocycles. The van der Waals surface area contributed by atoms with Gasteiger partial charge in [-0.05, 0) is 36.4 Å². The number of para-hydroxylation sites is 1. The fraction of sp³-hybridized carbons (Fsp3) is 0.217. The summed E-state index contributed by atoms with van der Waals surface area (Å²) >= 11 is 0. The van der Waals surface area contributed by atoms with Gasteiger partial charge in [0.15, 0.2) is 18.1 Å². The Morgan fingerprint density at radius 3 is 2.12 bits per heavy atom. The Morgan fingerprint density at radius 2 is 1.53 bits per heavy atom. The first-order chi connectivity index (χ1) is 15.6. The third-order valence-corrected chi connectivity index (χ3v) is 4.66. The number of amides is 1. The predicted octanol–water partition coefficient (Wildman–Crippen LogP) is 3.33. The highest BCUT2D eigenvalue weighted by Gasteiger charge is 2.18. The Balaban J connectivity index is 2.11. The third kappa shape index (κ3) is 4.68. The van der Waals surface area contributed by atoms with Gasteiger partial charge < -0.3 is 23.7 Å². The van der Waals surface area contributed by atoms with Gasteiger partial charge >= 0.3 is 0 Å². The maximum absolute atomic E-state index is 11.4. The van der Waals surface area contributed by atoms with Crippen molar-refractivity contribution in [1.29, 1.82) is 0 Å².